The van der Waals surface area contributed by atoms with Crippen molar-refractivity contribution in [3.8, 4) is 11.6 Å². The highest BCUT2D eigenvalue weighted by Crippen LogP contribution is 2.28. The molecule has 1 heterocycles. The second kappa shape index (κ2) is 5.97. The van der Waals surface area contributed by atoms with E-state index in [1.165, 1.54) is 12.4 Å². The minimum absolute atomic E-state index is 0.371. The van der Waals surface area contributed by atoms with Crippen LogP contribution in [0.4, 0.5) is 10.2 Å². The van der Waals surface area contributed by atoms with Crippen molar-refractivity contribution in [3.63, 3.8) is 0 Å². The van der Waals surface area contributed by atoms with E-state index in [1.807, 2.05) is 6.92 Å². The minimum Gasteiger partial charge on any atom is -0.438 e. The summed E-state index contributed by atoms with van der Waals surface area (Å²) in [5, 5.41) is 0. The molecule has 0 saturated carbocycles. The number of rotatable bonds is 4. The predicted octanol–water partition coefficient (Wildman–Crippen LogP) is 3.71. The van der Waals surface area contributed by atoms with Crippen molar-refractivity contribution in [2.24, 2.45) is 0 Å². The van der Waals surface area contributed by atoms with Gasteiger partial charge in [0.05, 0.1) is 10.0 Å². The first kappa shape index (κ1) is 13.7. The Morgan fingerprint density at radius 3 is 2.84 bits per heavy atom. The van der Waals surface area contributed by atoms with Crippen LogP contribution in [0.2, 0.25) is 0 Å². The summed E-state index contributed by atoms with van der Waals surface area (Å²) in [5.41, 5.74) is 6.55. The van der Waals surface area contributed by atoms with Gasteiger partial charge in [0.1, 0.15) is 23.7 Å². The van der Waals surface area contributed by atoms with Gasteiger partial charge in [-0.1, -0.05) is 13.3 Å². The molecule has 2 rings (SSSR count). The van der Waals surface area contributed by atoms with Crippen molar-refractivity contribution in [1.29, 1.82) is 0 Å². The fourth-order valence-electron chi connectivity index (χ4n) is 1.63. The number of halogens is 2. The first-order valence-electron chi connectivity index (χ1n) is 5.84. The molecule has 0 aliphatic heterocycles. The number of benzene rings is 1. The normalized spacial score (nSPS) is 10.5. The van der Waals surface area contributed by atoms with Crippen LogP contribution in [0.15, 0.2) is 29.0 Å². The van der Waals surface area contributed by atoms with E-state index in [2.05, 4.69) is 25.9 Å². The Hall–Kier alpha value is -1.69. The van der Waals surface area contributed by atoms with Gasteiger partial charge in [0.2, 0.25) is 5.88 Å². The molecule has 0 unspecified atom stereocenters. The molecule has 100 valence electrons. The van der Waals surface area contributed by atoms with E-state index in [9.17, 15) is 4.39 Å². The summed E-state index contributed by atoms with van der Waals surface area (Å²) in [7, 11) is 0. The Morgan fingerprint density at radius 2 is 2.16 bits per heavy atom. The summed E-state index contributed by atoms with van der Waals surface area (Å²) in [6, 6.07) is 4.52. The quantitative estimate of drug-likeness (QED) is 0.930. The molecule has 19 heavy (non-hydrogen) atoms. The number of nitrogens with two attached hydrogens (primary N) is 1. The Labute approximate surface area is 119 Å². The SMILES string of the molecule is CCCc1c(N)ncnc1Oc1ccc(Br)c(F)c1. The molecule has 0 saturated heterocycles. The van der Waals surface area contributed by atoms with Gasteiger partial charge in [-0.15, -0.1) is 0 Å². The molecule has 0 aliphatic carbocycles. The average molecular weight is 326 g/mol. The van der Waals surface area contributed by atoms with Crippen LogP contribution in [0, 0.1) is 5.82 Å². The van der Waals surface area contributed by atoms with E-state index in [1.54, 1.807) is 12.1 Å². The number of aromatic nitrogens is 2. The maximum atomic E-state index is 13.4. The Bertz CT molecular complexity index is 592. The summed E-state index contributed by atoms with van der Waals surface area (Å²) < 4.78 is 19.4. The Morgan fingerprint density at radius 1 is 1.37 bits per heavy atom. The van der Waals surface area contributed by atoms with Crippen LogP contribution in [0.5, 0.6) is 11.6 Å². The molecule has 0 fully saturated rings. The zero-order chi connectivity index (χ0) is 13.8. The van der Waals surface area contributed by atoms with E-state index in [0.29, 0.717) is 28.3 Å². The van der Waals surface area contributed by atoms with Crippen molar-refractivity contribution in [3.05, 3.63) is 40.4 Å². The summed E-state index contributed by atoms with van der Waals surface area (Å²) in [6.45, 7) is 2.02. The van der Waals surface area contributed by atoms with Gasteiger partial charge in [0, 0.05) is 6.07 Å². The number of ether oxygens (including phenoxy) is 1. The van der Waals surface area contributed by atoms with Crippen molar-refractivity contribution in [1.82, 2.24) is 9.97 Å². The van der Waals surface area contributed by atoms with Crippen LogP contribution < -0.4 is 10.5 Å². The van der Waals surface area contributed by atoms with Crippen molar-refractivity contribution >= 4 is 21.7 Å². The van der Waals surface area contributed by atoms with Crippen LogP contribution in [0.3, 0.4) is 0 Å². The van der Waals surface area contributed by atoms with E-state index in [0.717, 1.165) is 12.0 Å². The van der Waals surface area contributed by atoms with E-state index >= 15 is 0 Å². The smallest absolute Gasteiger partial charge is 0.227 e. The highest BCUT2D eigenvalue weighted by molar-refractivity contribution is 9.10. The fraction of sp³-hybridized carbons (Fsp3) is 0.231. The van der Waals surface area contributed by atoms with Crippen molar-refractivity contribution in [2.45, 2.75) is 19.8 Å². The van der Waals surface area contributed by atoms with E-state index < -0.39 is 5.82 Å². The average Bonchev–Trinajstić information content (AvgIpc) is 2.38. The van der Waals surface area contributed by atoms with Crippen LogP contribution in [0.1, 0.15) is 18.9 Å². The summed E-state index contributed by atoms with van der Waals surface area (Å²) >= 11 is 3.09. The zero-order valence-electron chi connectivity index (χ0n) is 10.4. The lowest BCUT2D eigenvalue weighted by Gasteiger charge is -2.11. The second-order valence-electron chi connectivity index (χ2n) is 3.97. The van der Waals surface area contributed by atoms with Gasteiger partial charge in [-0.25, -0.2) is 14.4 Å². The minimum atomic E-state index is -0.392. The number of nitrogens with zero attached hydrogens (tertiary/aromatic N) is 2. The number of hydrogen-bond donors (Lipinski definition) is 1. The monoisotopic (exact) mass is 325 g/mol. The van der Waals surface area contributed by atoms with Crippen molar-refractivity contribution in [2.75, 3.05) is 5.73 Å². The summed E-state index contributed by atoms with van der Waals surface area (Å²) in [6.07, 6.45) is 2.93. The van der Waals surface area contributed by atoms with Crippen molar-refractivity contribution < 1.29 is 9.13 Å². The van der Waals surface area contributed by atoms with Crippen LogP contribution in [0.25, 0.3) is 0 Å². The topological polar surface area (TPSA) is 61.0 Å². The zero-order valence-corrected chi connectivity index (χ0v) is 11.9. The molecule has 0 amide bonds. The lowest BCUT2D eigenvalue weighted by molar-refractivity contribution is 0.450. The van der Waals surface area contributed by atoms with Crippen LogP contribution >= 0.6 is 15.9 Å². The van der Waals surface area contributed by atoms with Gasteiger partial charge in [-0.3, -0.25) is 0 Å². The lowest BCUT2D eigenvalue weighted by Crippen LogP contribution is -2.02. The third-order valence-electron chi connectivity index (χ3n) is 2.54. The molecular weight excluding hydrogens is 313 g/mol. The molecule has 1 aromatic carbocycles. The molecule has 0 atom stereocenters. The number of nitrogen functional groups attached to an aromatic ring is 1. The van der Waals surface area contributed by atoms with E-state index in [-0.39, 0.29) is 0 Å². The Balaban J connectivity index is 2.32. The molecule has 2 N–H and O–H groups in total. The van der Waals surface area contributed by atoms with Gasteiger partial charge < -0.3 is 10.5 Å². The maximum absolute atomic E-state index is 13.4. The van der Waals surface area contributed by atoms with Gasteiger partial charge in [0.25, 0.3) is 0 Å². The van der Waals surface area contributed by atoms with Gasteiger partial charge in [-0.05, 0) is 34.5 Å². The molecule has 1 aromatic heterocycles. The highest BCUT2D eigenvalue weighted by Gasteiger charge is 2.11. The highest BCUT2D eigenvalue weighted by atomic mass is 79.9. The maximum Gasteiger partial charge on any atom is 0.227 e. The summed E-state index contributed by atoms with van der Waals surface area (Å²) in [4.78, 5) is 7.99. The van der Waals surface area contributed by atoms with Gasteiger partial charge >= 0.3 is 0 Å². The largest absolute Gasteiger partial charge is 0.438 e. The molecule has 0 aliphatic rings. The fourth-order valence-corrected chi connectivity index (χ4v) is 1.88. The number of anilines is 1. The molecule has 6 heteroatoms. The predicted molar refractivity (Wildman–Crippen MR) is 74.6 cm³/mol. The van der Waals surface area contributed by atoms with Crippen LogP contribution in [-0.2, 0) is 6.42 Å². The summed E-state index contributed by atoms with van der Waals surface area (Å²) in [5.74, 6) is 0.744. The molecule has 0 bridgehead atoms. The molecule has 0 radical (unpaired) electrons. The second-order valence-corrected chi connectivity index (χ2v) is 4.82. The first-order valence-corrected chi connectivity index (χ1v) is 6.63. The van der Waals surface area contributed by atoms with Crippen LogP contribution in [-0.4, -0.2) is 9.97 Å². The van der Waals surface area contributed by atoms with Gasteiger partial charge in [-0.2, -0.15) is 0 Å². The molecule has 4 nitrogen and oxygen atoms in total. The van der Waals surface area contributed by atoms with E-state index in [4.69, 9.17) is 10.5 Å². The molecule has 2 aromatic rings. The molecular formula is C13H13BrFN3O. The standard InChI is InChI=1S/C13H13BrFN3O/c1-2-3-9-12(16)17-7-18-13(9)19-8-4-5-10(14)11(15)6-8/h4-7H,2-3H2,1H3,(H2,16,17,18). The van der Waals surface area contributed by atoms with Gasteiger partial charge in [0.15, 0.2) is 0 Å². The third-order valence-corrected chi connectivity index (χ3v) is 3.19. The lowest BCUT2D eigenvalue weighted by atomic mass is 10.2. The number of hydrogen-bond acceptors (Lipinski definition) is 4. The molecule has 0 spiro atoms. The third kappa shape index (κ3) is 3.20. The first-order chi connectivity index (χ1) is 9.11. The Kier molecular flexibility index (Phi) is 4.31.